The van der Waals surface area contributed by atoms with Gasteiger partial charge in [-0.25, -0.2) is 0 Å². The van der Waals surface area contributed by atoms with Gasteiger partial charge in [-0.1, -0.05) is 40.1 Å². The Balaban J connectivity index is 1.20. The van der Waals surface area contributed by atoms with Gasteiger partial charge in [-0.15, -0.1) is 0 Å². The lowest BCUT2D eigenvalue weighted by atomic mass is 9.92. The first kappa shape index (κ1) is 32.0. The van der Waals surface area contributed by atoms with Gasteiger partial charge in [0.15, 0.2) is 47.4 Å². The number of aliphatic hydroxyl groups excluding tert-OH is 1. The number of hydrogen-bond acceptors (Lipinski definition) is 13. The van der Waals surface area contributed by atoms with Gasteiger partial charge in [-0.2, -0.15) is 0 Å². The average Bonchev–Trinajstić information content (AvgIpc) is 3.57. The quantitative estimate of drug-likeness (QED) is 0.120. The monoisotopic (exact) mass is 670 g/mol. The number of fused-ring (bicyclic) bond motifs is 2. The summed E-state index contributed by atoms with van der Waals surface area (Å²) in [4.78, 5) is 25.6. The van der Waals surface area contributed by atoms with Gasteiger partial charge in [0.25, 0.3) is 0 Å². The summed E-state index contributed by atoms with van der Waals surface area (Å²) in [6.45, 7) is -0.0915. The number of aliphatic hydroxyl groups is 1. The van der Waals surface area contributed by atoms with Crippen LogP contribution in [0.2, 0.25) is 0 Å². The Morgan fingerprint density at radius 2 is 1.70 bits per heavy atom. The zero-order valence-electron chi connectivity index (χ0n) is 24.9. The molecule has 244 valence electrons. The molecule has 1 fully saturated rings. The van der Waals surface area contributed by atoms with Crippen molar-refractivity contribution >= 4 is 33.3 Å². The second-order valence-corrected chi connectivity index (χ2v) is 14.1. The number of esters is 1. The van der Waals surface area contributed by atoms with Crippen molar-refractivity contribution in [1.29, 1.82) is 0 Å². The van der Waals surface area contributed by atoms with E-state index < -0.39 is 35.9 Å². The van der Waals surface area contributed by atoms with Crippen LogP contribution < -0.4 is 18.9 Å². The smallest absolute Gasteiger partial charge is 0.305 e. The van der Waals surface area contributed by atoms with Crippen molar-refractivity contribution in [3.63, 3.8) is 0 Å². The number of methoxy groups -OCH3 is 1. The van der Waals surface area contributed by atoms with Crippen LogP contribution in [0.3, 0.4) is 0 Å². The van der Waals surface area contributed by atoms with E-state index in [0.717, 1.165) is 25.3 Å². The number of hydrogen-bond donors (Lipinski definition) is 4. The summed E-state index contributed by atoms with van der Waals surface area (Å²) >= 11 is 0. The summed E-state index contributed by atoms with van der Waals surface area (Å²) in [6.07, 6.45) is -0.0674. The van der Waals surface area contributed by atoms with E-state index in [9.17, 15) is 30.0 Å². The molecule has 1 saturated heterocycles. The molecule has 0 aliphatic carbocycles. The standard InChI is InChI=1S/C33H34O11S2/c1-40-24-12-17(6-8-21(24)35)32-27(16-41-28(37)5-3-2-4-20-10-11-45-46-20)42-23-9-7-18(13-25(23)43-32)33-31(39)30(38)29-22(36)14-19(34)15-26(29)44-33/h6-9,12-15,20,27,31-36,39H,2-5,10-11,16H2,1H3/t20?,27?,31-,32?,33+/m0/s1. The normalized spacial score (nSPS) is 23.3. The van der Waals surface area contributed by atoms with Crippen molar-refractivity contribution in [3.05, 3.63) is 65.2 Å². The number of ketones is 1. The van der Waals surface area contributed by atoms with E-state index in [2.05, 4.69) is 0 Å². The van der Waals surface area contributed by atoms with Gasteiger partial charge in [0.1, 0.15) is 29.4 Å². The van der Waals surface area contributed by atoms with Crippen LogP contribution >= 0.6 is 21.6 Å². The molecule has 3 aromatic rings. The van der Waals surface area contributed by atoms with Crippen molar-refractivity contribution < 1.29 is 53.7 Å². The molecule has 3 aliphatic heterocycles. The first-order chi connectivity index (χ1) is 22.2. The molecule has 0 bridgehead atoms. The van der Waals surface area contributed by atoms with Crippen LogP contribution in [-0.2, 0) is 9.53 Å². The lowest BCUT2D eigenvalue weighted by Crippen LogP contribution is -2.38. The maximum absolute atomic E-state index is 13.0. The third kappa shape index (κ3) is 6.76. The zero-order valence-corrected chi connectivity index (χ0v) is 26.6. The summed E-state index contributed by atoms with van der Waals surface area (Å²) in [6, 6.07) is 11.7. The molecule has 0 spiro atoms. The molecule has 4 N–H and O–H groups in total. The predicted molar refractivity (Wildman–Crippen MR) is 170 cm³/mol. The largest absolute Gasteiger partial charge is 0.508 e. The maximum atomic E-state index is 13.0. The van der Waals surface area contributed by atoms with E-state index in [-0.39, 0.29) is 46.9 Å². The summed E-state index contributed by atoms with van der Waals surface area (Å²) in [5, 5.41) is 41.7. The van der Waals surface area contributed by atoms with Gasteiger partial charge in [-0.05, 0) is 49.1 Å². The number of benzene rings is 3. The highest BCUT2D eigenvalue weighted by molar-refractivity contribution is 8.77. The molecule has 3 aliphatic rings. The Kier molecular flexibility index (Phi) is 9.62. The molecular formula is C33H34O11S2. The fourth-order valence-electron chi connectivity index (χ4n) is 5.72. The molecule has 0 radical (unpaired) electrons. The lowest BCUT2D eigenvalue weighted by Gasteiger charge is -2.35. The molecule has 6 rings (SSSR count). The molecule has 11 nitrogen and oxygen atoms in total. The number of rotatable bonds is 10. The highest BCUT2D eigenvalue weighted by Gasteiger charge is 2.41. The van der Waals surface area contributed by atoms with Crippen LogP contribution in [0.15, 0.2) is 48.5 Å². The molecule has 0 amide bonds. The number of carbonyl (C=O) groups is 2. The van der Waals surface area contributed by atoms with Crippen molar-refractivity contribution in [2.45, 2.75) is 61.8 Å². The van der Waals surface area contributed by atoms with Crippen LogP contribution in [0.4, 0.5) is 0 Å². The van der Waals surface area contributed by atoms with E-state index in [4.69, 9.17) is 23.7 Å². The Bertz CT molecular complexity index is 1610. The molecule has 46 heavy (non-hydrogen) atoms. The fraction of sp³-hybridized carbons (Fsp3) is 0.394. The van der Waals surface area contributed by atoms with Gasteiger partial charge in [-0.3, -0.25) is 9.59 Å². The molecule has 5 atom stereocenters. The first-order valence-electron chi connectivity index (χ1n) is 14.9. The van der Waals surface area contributed by atoms with Crippen LogP contribution in [0.5, 0.6) is 40.2 Å². The Morgan fingerprint density at radius 3 is 2.48 bits per heavy atom. The molecule has 0 saturated carbocycles. The second-order valence-electron chi connectivity index (χ2n) is 11.3. The number of ether oxygens (including phenoxy) is 5. The topological polar surface area (TPSA) is 161 Å². The number of unbranched alkanes of at least 4 members (excludes halogenated alkanes) is 1. The van der Waals surface area contributed by atoms with Crippen LogP contribution in [0, 0.1) is 0 Å². The maximum Gasteiger partial charge on any atom is 0.305 e. The summed E-state index contributed by atoms with van der Waals surface area (Å²) in [7, 11) is 5.26. The average molecular weight is 671 g/mol. The first-order valence-corrected chi connectivity index (χ1v) is 17.3. The zero-order chi connectivity index (χ0) is 32.4. The van der Waals surface area contributed by atoms with Crippen molar-refractivity contribution in [3.8, 4) is 40.2 Å². The predicted octanol–water partition coefficient (Wildman–Crippen LogP) is 5.63. The van der Waals surface area contributed by atoms with Gasteiger partial charge in [0.05, 0.1) is 7.11 Å². The van der Waals surface area contributed by atoms with Crippen molar-refractivity contribution in [1.82, 2.24) is 0 Å². The third-order valence-electron chi connectivity index (χ3n) is 8.11. The number of Topliss-reactive ketones (excluding diaryl/α,β-unsaturated/α-hetero) is 1. The minimum Gasteiger partial charge on any atom is -0.508 e. The Hall–Kier alpha value is -3.94. The van der Waals surface area contributed by atoms with Crippen molar-refractivity contribution in [2.75, 3.05) is 19.5 Å². The number of aromatic hydroxyl groups is 3. The Morgan fingerprint density at radius 1 is 0.913 bits per heavy atom. The summed E-state index contributed by atoms with van der Waals surface area (Å²) < 4.78 is 29.5. The van der Waals surface area contributed by atoms with Gasteiger partial charge in [0, 0.05) is 35.1 Å². The number of phenols is 3. The molecule has 3 heterocycles. The van der Waals surface area contributed by atoms with E-state index in [1.165, 1.54) is 31.4 Å². The fourth-order valence-corrected chi connectivity index (χ4v) is 8.75. The molecule has 3 aromatic carbocycles. The highest BCUT2D eigenvalue weighted by Crippen LogP contribution is 2.46. The molecule has 0 aromatic heterocycles. The van der Waals surface area contributed by atoms with Crippen molar-refractivity contribution in [2.24, 2.45) is 0 Å². The van der Waals surface area contributed by atoms with E-state index >= 15 is 0 Å². The summed E-state index contributed by atoms with van der Waals surface area (Å²) in [5.41, 5.74) is 0.741. The minimum absolute atomic E-state index is 0.0614. The number of carbonyl (C=O) groups excluding carboxylic acids is 2. The minimum atomic E-state index is -1.65. The van der Waals surface area contributed by atoms with E-state index in [0.29, 0.717) is 28.5 Å². The van der Waals surface area contributed by atoms with Crippen LogP contribution in [0.1, 0.15) is 65.8 Å². The van der Waals surface area contributed by atoms with Gasteiger partial charge < -0.3 is 44.1 Å². The molecular weight excluding hydrogens is 636 g/mol. The Labute approximate surface area is 273 Å². The van der Waals surface area contributed by atoms with E-state index in [1.807, 2.05) is 21.6 Å². The molecule has 13 heteroatoms. The van der Waals surface area contributed by atoms with Crippen LogP contribution in [0.25, 0.3) is 0 Å². The lowest BCUT2D eigenvalue weighted by molar-refractivity contribution is -0.148. The molecule has 3 unspecified atom stereocenters. The highest BCUT2D eigenvalue weighted by atomic mass is 33.1. The third-order valence-corrected chi connectivity index (χ3v) is 11.1. The second kappa shape index (κ2) is 13.8. The van der Waals surface area contributed by atoms with E-state index in [1.54, 1.807) is 30.3 Å². The van der Waals surface area contributed by atoms with Gasteiger partial charge in [0.2, 0.25) is 5.78 Å². The SMILES string of the molecule is COc1cc(C2Oc3cc([C@H]4Oc5cc(O)cc(O)c5C(=O)[C@@H]4O)ccc3OC2COC(=O)CCCCC2CCSS2)ccc1O. The summed E-state index contributed by atoms with van der Waals surface area (Å²) in [5.74, 6) is -0.00809. The van der Waals surface area contributed by atoms with Crippen LogP contribution in [-0.4, -0.2) is 69.1 Å². The number of phenolic OH excluding ortho intramolecular Hbond substituents is 3. The van der Waals surface area contributed by atoms with Gasteiger partial charge >= 0.3 is 5.97 Å².